The number of nitrogens with one attached hydrogen (secondary N) is 6. The van der Waals surface area contributed by atoms with Gasteiger partial charge in [-0.05, 0) is 157 Å². The number of amides is 4. The maximum Gasteiger partial charge on any atom is 0.250 e. The molecule has 125 heavy (non-hydrogen) atoms. The predicted octanol–water partition coefficient (Wildman–Crippen LogP) is 7.76. The molecule has 2 unspecified atom stereocenters. The van der Waals surface area contributed by atoms with Crippen molar-refractivity contribution in [2.75, 3.05) is 187 Å². The Morgan fingerprint density at radius 2 is 1.27 bits per heavy atom. The number of likely N-dealkylation sites (tertiary alicyclic amines) is 2. The van der Waals surface area contributed by atoms with Crippen molar-refractivity contribution in [2.45, 2.75) is 274 Å². The minimum Gasteiger partial charge on any atom is -0.402 e. The number of unbranched alkanes of at least 4 members (excludes halogenated alkanes) is 2. The molecule has 4 amide bonds. The van der Waals surface area contributed by atoms with Gasteiger partial charge in [0.15, 0.2) is 6.20 Å². The van der Waals surface area contributed by atoms with E-state index in [-0.39, 0.29) is 95.8 Å². The Bertz CT molecular complexity index is 3010. The second kappa shape index (κ2) is 92.5. The molecule has 5 aliphatic heterocycles. The molecule has 5 aliphatic rings. The van der Waals surface area contributed by atoms with Crippen LogP contribution in [0.25, 0.3) is 0 Å². The summed E-state index contributed by atoms with van der Waals surface area (Å²) >= 11 is 1.79. The van der Waals surface area contributed by atoms with E-state index in [1.807, 2.05) is 48.8 Å². The van der Waals surface area contributed by atoms with Crippen molar-refractivity contribution in [3.63, 3.8) is 0 Å². The Morgan fingerprint density at radius 1 is 0.728 bits per heavy atom. The number of aromatic nitrogens is 2. The number of nitrogens with zero attached hydrogens (tertiary/aromatic N) is 6. The maximum absolute atomic E-state index is 11.2. The van der Waals surface area contributed by atoms with Gasteiger partial charge in [-0.25, -0.2) is 22.7 Å². The number of aryl methyl sites for hydroxylation is 1. The van der Waals surface area contributed by atoms with Gasteiger partial charge in [0.1, 0.15) is 72.6 Å². The Morgan fingerprint density at radius 3 is 1.62 bits per heavy atom. The third-order valence-corrected chi connectivity index (χ3v) is 19.2. The molecular formula is C89H179N16O18S2+. The first-order valence-corrected chi connectivity index (χ1v) is 47.5. The molecule has 1 aromatic rings. The zero-order chi connectivity index (χ0) is 96.8. The number of ether oxygens (including phenoxy) is 7. The maximum atomic E-state index is 11.2. The molecule has 14 N–H and O–H groups in total. The number of carbonyl (C=O) groups is 9. The van der Waals surface area contributed by atoms with E-state index in [1.165, 1.54) is 46.6 Å². The van der Waals surface area contributed by atoms with E-state index in [9.17, 15) is 51.6 Å². The molecule has 36 heteroatoms. The van der Waals surface area contributed by atoms with Crippen molar-refractivity contribution in [3.05, 3.63) is 42.8 Å². The Balaban J connectivity index is -0.000000242. The molecule has 34 nitrogen and oxygen atoms in total. The number of nitrogens with two attached hydrogens (primary N) is 4. The predicted molar refractivity (Wildman–Crippen MR) is 510 cm³/mol. The fourth-order valence-electron chi connectivity index (χ4n) is 10.5. The quantitative estimate of drug-likeness (QED) is 0.0220. The number of Topliss-reactive ketones (excluding diaryl/α,β-unsaturated/α-hetero) is 5. The number of sulfonamides is 1. The second-order valence-electron chi connectivity index (χ2n) is 31.1. The number of rotatable bonds is 43. The molecule has 734 valence electrons. The van der Waals surface area contributed by atoms with E-state index in [4.69, 9.17) is 51.4 Å². The molecule has 6 rings (SSSR count). The third kappa shape index (κ3) is 98.2. The minimum absolute atomic E-state index is 0.0143. The Hall–Kier alpha value is -6.20. The summed E-state index contributed by atoms with van der Waals surface area (Å²) in [5, 5.41) is 11.8. The van der Waals surface area contributed by atoms with Crippen molar-refractivity contribution >= 4 is 86.4 Å². The first-order chi connectivity index (χ1) is 59.0. The highest BCUT2D eigenvalue weighted by Crippen LogP contribution is 2.11. The highest BCUT2D eigenvalue weighted by molar-refractivity contribution is 7.98. The molecule has 0 aliphatic carbocycles. The lowest BCUT2D eigenvalue weighted by molar-refractivity contribution is -0.450. The van der Waals surface area contributed by atoms with Crippen LogP contribution in [0.1, 0.15) is 231 Å². The molecule has 0 bridgehead atoms. The van der Waals surface area contributed by atoms with E-state index in [0.717, 1.165) is 192 Å². The minimum atomic E-state index is -3.28. The van der Waals surface area contributed by atoms with E-state index >= 15 is 0 Å². The average Bonchev–Trinajstić information content (AvgIpc) is 1.77. The number of piperidine rings is 2. The van der Waals surface area contributed by atoms with Crippen LogP contribution in [-0.4, -0.2) is 332 Å². The molecule has 0 aromatic carbocycles. The molecule has 7 atom stereocenters. The lowest BCUT2D eigenvalue weighted by Gasteiger charge is -2.26. The lowest BCUT2D eigenvalue weighted by atomic mass is 10.0. The SMILES string of the molecule is C=C(N)CCSC.CC(=O)N1CCCCC1.CC(=O)[C@@H](NS(C)(=O)=O)C(C)C.CCC(=O)CCC(C)=O.CCCC[C@@H](N)C(C)=O.CCCC[C@@H](N)C(C)=O.COCC(=O)N1CCCCC1.COCC(=O)NCCN(C)C.COCCC1N=C(C)NC1=O.COCCC[N+]1=CCC=C1.COCCCc1ncc[nH]1.COCCNCC(C)N.CO[C@@H]1CN[C@H](C)C1. The molecule has 3 fully saturated rings. The van der Waals surface area contributed by atoms with Gasteiger partial charge < -0.3 is 102 Å². The zero-order valence-electron chi connectivity index (χ0n) is 81.9. The molecule has 1 aromatic heterocycles. The highest BCUT2D eigenvalue weighted by atomic mass is 32.2. The number of H-pyrrole nitrogens is 1. The standard InChI is InChI=1S/C8H15NO2.C8H14NO.C7H12N2O2.C7H16N2O2.C7H12N2O.C7H15NO3S.C7H13NO.2C7H15NO.C7H12O2.C6H16N2O.C6H13NO.C5H11NS/c1-11-7-8(10)9-5-3-2-4-6-9;1-10-8-4-7-9-5-2-3-6-9;1-5-8-6(3-4-11-2)7(10)9-5;1-9(2)5-4-8-7(10)6-11-3;1-10-6-2-3-7-8-4-5-9-7;1-5(2)7(6(3)9)8-12(4,10)11;1-7(9)8-5-3-2-4-6-8;2*1-3-4-5-7(8)6(2)9;1-3-7(9)5-4-6(2)8;1-6(7)5-8-3-4-9-2;1-5-3-6(8-2)4-7-5;1-5(6)3-4-7-2/h2-7H2,1H3;2,5-6H,3-4,7-8H2,1H3;6H,3-4H2,1-2H3,(H,8,9,10);4-6H2,1-3H3,(H,8,10);4-5H,2-3,6H2,1H3,(H,8,9);5,7-8H,1-4H3;2-6H2,1H3;2*7H,3-5,8H2,1-2H3;3-5H2,1-2H3;6,8H,3-5,7H2,1-2H3;5-7H,3-4H2,1-2H3;1,3-4,6H2,2H3/q;+1;;;;;;;;;;;/t;;;;;7-;;2*7-;;;5-,6+;/m.....0.11..1./s1. The van der Waals surface area contributed by atoms with Gasteiger partial charge in [-0.2, -0.15) is 11.8 Å². The van der Waals surface area contributed by atoms with Crippen LogP contribution < -0.4 is 48.9 Å². The highest BCUT2D eigenvalue weighted by Gasteiger charge is 2.24. The summed E-state index contributed by atoms with van der Waals surface area (Å²) in [5.74, 6) is 3.42. The van der Waals surface area contributed by atoms with Crippen LogP contribution in [0.5, 0.6) is 0 Å². The molecule has 0 saturated carbocycles. The van der Waals surface area contributed by atoms with E-state index in [0.29, 0.717) is 56.8 Å². The topological polar surface area (TPSA) is 470 Å². The van der Waals surface area contributed by atoms with Crippen LogP contribution in [0.2, 0.25) is 0 Å². The normalized spacial score (nSPS) is 16.0. The zero-order valence-corrected chi connectivity index (χ0v) is 83.6. The van der Waals surface area contributed by atoms with Crippen LogP contribution in [-0.2, 0) is 92.8 Å². The van der Waals surface area contributed by atoms with Crippen molar-refractivity contribution in [3.8, 4) is 0 Å². The monoisotopic (exact) mass is 1820 g/mol. The van der Waals surface area contributed by atoms with Gasteiger partial charge in [-0.15, -0.1) is 0 Å². The molecule has 3 saturated heterocycles. The van der Waals surface area contributed by atoms with Crippen molar-refractivity contribution < 1.29 is 89.3 Å². The Kier molecular flexibility index (Phi) is 97.6. The number of methoxy groups -OCH3 is 7. The summed E-state index contributed by atoms with van der Waals surface area (Å²) < 4.78 is 60.1. The summed E-state index contributed by atoms with van der Waals surface area (Å²) in [6.07, 6.45) is 35.3. The van der Waals surface area contributed by atoms with E-state index in [2.05, 4.69) is 102 Å². The number of imidazole rings is 1. The van der Waals surface area contributed by atoms with Gasteiger partial charge in [0.05, 0.1) is 43.7 Å². The van der Waals surface area contributed by atoms with Crippen LogP contribution in [0.3, 0.4) is 0 Å². The fraction of sp³-hybridized carbons (Fsp3) is 0.798. The number of aromatic amines is 1. The second-order valence-corrected chi connectivity index (χ2v) is 33.8. The van der Waals surface area contributed by atoms with Gasteiger partial charge in [0.25, 0.3) is 0 Å². The lowest BCUT2D eigenvalue weighted by Crippen LogP contribution is -2.42. The van der Waals surface area contributed by atoms with E-state index in [1.54, 1.807) is 102 Å². The number of carbonyl (C=O) groups excluding carboxylic acids is 9. The summed E-state index contributed by atoms with van der Waals surface area (Å²) in [6.45, 7) is 39.3. The summed E-state index contributed by atoms with van der Waals surface area (Å²) in [5.41, 5.74) is 22.4. The number of hydrogen-bond donors (Lipinski definition) is 10. The molecule has 6 heterocycles. The van der Waals surface area contributed by atoms with Gasteiger partial charge >= 0.3 is 0 Å². The first-order valence-electron chi connectivity index (χ1n) is 44.2. The fourth-order valence-corrected chi connectivity index (χ4v) is 11.9. The number of likely N-dealkylation sites (N-methyl/N-ethyl adjacent to an activating group) is 1. The van der Waals surface area contributed by atoms with E-state index < -0.39 is 16.1 Å². The number of amidine groups is 1. The largest absolute Gasteiger partial charge is 0.402 e. The molecular weight excluding hydrogens is 1650 g/mol. The van der Waals surface area contributed by atoms with Crippen molar-refractivity contribution in [2.24, 2.45) is 33.8 Å². The number of thioether (sulfide) groups is 1. The van der Waals surface area contributed by atoms with Gasteiger partial charge in [-0.1, -0.05) is 66.9 Å². The summed E-state index contributed by atoms with van der Waals surface area (Å²) in [7, 11) is 12.2. The van der Waals surface area contributed by atoms with Crippen molar-refractivity contribution in [1.29, 1.82) is 0 Å². The van der Waals surface area contributed by atoms with Crippen LogP contribution in [0.4, 0.5) is 0 Å². The van der Waals surface area contributed by atoms with Gasteiger partial charge in [-0.3, -0.25) is 43.3 Å². The first kappa shape index (κ1) is 132. The summed E-state index contributed by atoms with van der Waals surface area (Å²) in [6, 6.07) is -0.369. The van der Waals surface area contributed by atoms with Crippen LogP contribution in [0.15, 0.2) is 41.9 Å². The molecule has 0 spiro atoms. The Labute approximate surface area is 759 Å². The number of aliphatic imine (C=N–C) groups is 1. The summed E-state index contributed by atoms with van der Waals surface area (Å²) in [4.78, 5) is 114. The molecule has 0 radical (unpaired) electrons. The number of ketones is 5. The van der Waals surface area contributed by atoms with Gasteiger partial charge in [0, 0.05) is 204 Å². The van der Waals surface area contributed by atoms with Crippen LogP contribution in [0, 0.1) is 5.92 Å². The number of allylic oxidation sites excluding steroid dienone is 2. The van der Waals surface area contributed by atoms with Crippen molar-refractivity contribution in [1.82, 2.24) is 50.7 Å². The van der Waals surface area contributed by atoms with Gasteiger partial charge in [0.2, 0.25) is 33.7 Å². The average molecular weight is 1830 g/mol. The number of hydrogen-bond acceptors (Lipinski definition) is 28. The third-order valence-electron chi connectivity index (χ3n) is 17.9. The smallest absolute Gasteiger partial charge is 0.250 e. The van der Waals surface area contributed by atoms with Crippen LogP contribution >= 0.6 is 11.8 Å².